The molecule has 0 aliphatic rings. The van der Waals surface area contributed by atoms with Crippen LogP contribution in [-0.4, -0.2) is 33.2 Å². The van der Waals surface area contributed by atoms with E-state index in [1.165, 1.54) is 0 Å². The molecule has 0 spiro atoms. The Balaban J connectivity index is 0.000000411. The number of hydrogen-bond donors (Lipinski definition) is 4. The van der Waals surface area contributed by atoms with Gasteiger partial charge in [-0.3, -0.25) is 4.79 Å². The molecule has 0 atom stereocenters. The van der Waals surface area contributed by atoms with Crippen molar-refractivity contribution in [2.75, 3.05) is 0 Å². The second-order valence-electron chi connectivity index (χ2n) is 3.15. The van der Waals surface area contributed by atoms with Crippen LogP contribution >= 0.6 is 0 Å². The molecule has 0 radical (unpaired) electrons. The largest absolute Gasteiger partial charge is 0.481 e. The molecular weight excluding hydrogens is 242 g/mol. The Hall–Kier alpha value is -2.41. The maximum atomic E-state index is 10.4. The zero-order valence-corrected chi connectivity index (χ0v) is 9.37. The maximum absolute atomic E-state index is 10.4. The van der Waals surface area contributed by atoms with E-state index in [1.54, 1.807) is 6.07 Å². The first kappa shape index (κ1) is 15.6. The fraction of sp³-hybridized carbons (Fsp3) is 0.182. The van der Waals surface area contributed by atoms with E-state index in [1.807, 2.05) is 18.2 Å². The second-order valence-corrected chi connectivity index (χ2v) is 3.15. The second kappa shape index (κ2) is 7.80. The van der Waals surface area contributed by atoms with E-state index in [2.05, 4.69) is 0 Å². The van der Waals surface area contributed by atoms with Gasteiger partial charge in [-0.05, 0) is 11.1 Å². The summed E-state index contributed by atoms with van der Waals surface area (Å²) in [7, 11) is 0. The number of carboxylic acids is 3. The molecule has 0 aliphatic heterocycles. The normalized spacial score (nSPS) is 8.94. The molecule has 0 aliphatic carbocycles. The first-order valence-electron chi connectivity index (χ1n) is 4.83. The lowest BCUT2D eigenvalue weighted by Crippen LogP contribution is -2.09. The van der Waals surface area contributed by atoms with Gasteiger partial charge in [-0.15, -0.1) is 0 Å². The van der Waals surface area contributed by atoms with Crippen LogP contribution in [0.3, 0.4) is 0 Å². The van der Waals surface area contributed by atoms with E-state index in [-0.39, 0.29) is 6.42 Å². The molecule has 0 aromatic heterocycles. The van der Waals surface area contributed by atoms with Crippen LogP contribution in [0, 0.1) is 0 Å². The molecule has 0 saturated heterocycles. The summed E-state index contributed by atoms with van der Waals surface area (Å²) >= 11 is 0. The third kappa shape index (κ3) is 6.23. The number of rotatable bonds is 3. The van der Waals surface area contributed by atoms with Crippen LogP contribution in [0.15, 0.2) is 24.3 Å². The summed E-state index contributed by atoms with van der Waals surface area (Å²) in [6, 6.07) is 7.31. The molecular formula is C11H13NO6. The maximum Gasteiger partial charge on any atom is 0.414 e. The average molecular weight is 255 g/mol. The van der Waals surface area contributed by atoms with Crippen molar-refractivity contribution in [1.29, 1.82) is 0 Å². The van der Waals surface area contributed by atoms with E-state index in [9.17, 15) is 4.79 Å². The Kier molecular flexibility index (Phi) is 6.75. The van der Waals surface area contributed by atoms with E-state index in [0.717, 1.165) is 11.1 Å². The predicted octanol–water partition coefficient (Wildman–Crippen LogP) is -0.0720. The lowest BCUT2D eigenvalue weighted by Gasteiger charge is -2.03. The van der Waals surface area contributed by atoms with Crippen molar-refractivity contribution >= 4 is 17.9 Å². The van der Waals surface area contributed by atoms with Gasteiger partial charge in [-0.2, -0.15) is 0 Å². The molecule has 1 aromatic carbocycles. The van der Waals surface area contributed by atoms with E-state index < -0.39 is 17.9 Å². The fourth-order valence-corrected chi connectivity index (χ4v) is 1.09. The standard InChI is InChI=1S/C9H11NO2.C2H2O4/c10-6-8-4-2-1-3-7(8)5-9(11)12;3-1(4)2(5)6/h1-4H,5-6,10H2,(H,11,12);(H,3,4)(H,5,6). The molecule has 7 heteroatoms. The Morgan fingerprint density at radius 1 is 0.944 bits per heavy atom. The van der Waals surface area contributed by atoms with Crippen molar-refractivity contribution in [3.63, 3.8) is 0 Å². The van der Waals surface area contributed by atoms with Crippen LogP contribution in [0.2, 0.25) is 0 Å². The lowest BCUT2D eigenvalue weighted by molar-refractivity contribution is -0.159. The van der Waals surface area contributed by atoms with Crippen LogP contribution in [0.1, 0.15) is 11.1 Å². The van der Waals surface area contributed by atoms with E-state index >= 15 is 0 Å². The van der Waals surface area contributed by atoms with Crippen LogP contribution in [-0.2, 0) is 27.3 Å². The van der Waals surface area contributed by atoms with Crippen molar-refractivity contribution in [2.45, 2.75) is 13.0 Å². The summed E-state index contributed by atoms with van der Waals surface area (Å²) in [4.78, 5) is 28.6. The molecule has 0 heterocycles. The molecule has 0 fully saturated rings. The minimum atomic E-state index is -1.82. The predicted molar refractivity (Wildman–Crippen MR) is 60.9 cm³/mol. The zero-order chi connectivity index (χ0) is 14.1. The minimum Gasteiger partial charge on any atom is -0.481 e. The van der Waals surface area contributed by atoms with Gasteiger partial charge in [0.05, 0.1) is 6.42 Å². The molecule has 18 heavy (non-hydrogen) atoms. The summed E-state index contributed by atoms with van der Waals surface area (Å²) in [5.74, 6) is -4.47. The Bertz CT molecular complexity index is 431. The fourth-order valence-electron chi connectivity index (χ4n) is 1.09. The Morgan fingerprint density at radius 3 is 1.72 bits per heavy atom. The number of aliphatic carboxylic acids is 3. The summed E-state index contributed by atoms with van der Waals surface area (Å²) in [5, 5.41) is 23.3. The van der Waals surface area contributed by atoms with Gasteiger partial charge in [0.15, 0.2) is 0 Å². The Labute approximate surface area is 102 Å². The monoisotopic (exact) mass is 255 g/mol. The van der Waals surface area contributed by atoms with Gasteiger partial charge >= 0.3 is 17.9 Å². The molecule has 0 amide bonds. The van der Waals surface area contributed by atoms with Crippen molar-refractivity contribution < 1.29 is 29.7 Å². The van der Waals surface area contributed by atoms with Gasteiger partial charge in [0.25, 0.3) is 0 Å². The molecule has 1 aromatic rings. The molecule has 5 N–H and O–H groups in total. The highest BCUT2D eigenvalue weighted by atomic mass is 16.4. The van der Waals surface area contributed by atoms with E-state index in [0.29, 0.717) is 6.54 Å². The van der Waals surface area contributed by atoms with Crippen LogP contribution in [0.25, 0.3) is 0 Å². The number of hydrogen-bond acceptors (Lipinski definition) is 4. The summed E-state index contributed by atoms with van der Waals surface area (Å²) in [6.45, 7) is 0.392. The molecule has 98 valence electrons. The topological polar surface area (TPSA) is 138 Å². The number of carboxylic acid groups (broad SMARTS) is 3. The summed E-state index contributed by atoms with van der Waals surface area (Å²) in [5.41, 5.74) is 7.13. The number of carbonyl (C=O) groups is 3. The average Bonchev–Trinajstić information content (AvgIpc) is 2.29. The molecule has 1 rings (SSSR count). The van der Waals surface area contributed by atoms with Crippen molar-refractivity contribution in [3.05, 3.63) is 35.4 Å². The Morgan fingerprint density at radius 2 is 1.39 bits per heavy atom. The molecule has 0 saturated carbocycles. The van der Waals surface area contributed by atoms with Gasteiger partial charge in [-0.25, -0.2) is 9.59 Å². The quantitative estimate of drug-likeness (QED) is 0.554. The van der Waals surface area contributed by atoms with Crippen molar-refractivity contribution in [1.82, 2.24) is 0 Å². The SMILES string of the molecule is NCc1ccccc1CC(=O)O.O=C(O)C(=O)O. The molecule has 0 unspecified atom stereocenters. The molecule has 0 bridgehead atoms. The zero-order valence-electron chi connectivity index (χ0n) is 9.37. The third-order valence-electron chi connectivity index (χ3n) is 1.86. The minimum absolute atomic E-state index is 0.0490. The number of benzene rings is 1. The van der Waals surface area contributed by atoms with Crippen LogP contribution in [0.5, 0.6) is 0 Å². The van der Waals surface area contributed by atoms with Crippen molar-refractivity contribution in [3.8, 4) is 0 Å². The summed E-state index contributed by atoms with van der Waals surface area (Å²) in [6.07, 6.45) is 0.0490. The molecule has 7 nitrogen and oxygen atoms in total. The first-order valence-corrected chi connectivity index (χ1v) is 4.83. The highest BCUT2D eigenvalue weighted by molar-refractivity contribution is 6.27. The van der Waals surface area contributed by atoms with Gasteiger partial charge in [-0.1, -0.05) is 24.3 Å². The van der Waals surface area contributed by atoms with Gasteiger partial charge in [0.1, 0.15) is 0 Å². The van der Waals surface area contributed by atoms with Gasteiger partial charge < -0.3 is 21.1 Å². The highest BCUT2D eigenvalue weighted by Gasteiger charge is 2.04. The smallest absolute Gasteiger partial charge is 0.414 e. The lowest BCUT2D eigenvalue weighted by atomic mass is 10.1. The summed E-state index contributed by atoms with van der Waals surface area (Å²) < 4.78 is 0. The third-order valence-corrected chi connectivity index (χ3v) is 1.86. The van der Waals surface area contributed by atoms with Gasteiger partial charge in [0.2, 0.25) is 0 Å². The van der Waals surface area contributed by atoms with Crippen LogP contribution in [0.4, 0.5) is 0 Å². The van der Waals surface area contributed by atoms with Crippen molar-refractivity contribution in [2.24, 2.45) is 5.73 Å². The number of nitrogens with two attached hydrogens (primary N) is 1. The van der Waals surface area contributed by atoms with Gasteiger partial charge in [0, 0.05) is 6.54 Å². The van der Waals surface area contributed by atoms with E-state index in [4.69, 9.17) is 30.6 Å². The van der Waals surface area contributed by atoms with Crippen LogP contribution < -0.4 is 5.73 Å². The first-order chi connectivity index (χ1) is 8.38. The highest BCUT2D eigenvalue weighted by Crippen LogP contribution is 2.08.